The number of aryl methyl sites for hydroxylation is 4. The zero-order valence-electron chi connectivity index (χ0n) is 27.7. The maximum atomic E-state index is 14.0. The fourth-order valence-corrected chi connectivity index (χ4v) is 7.31. The summed E-state index contributed by atoms with van der Waals surface area (Å²) in [6.45, 7) is 16.2. The van der Waals surface area contributed by atoms with Gasteiger partial charge in [-0.1, -0.05) is 60.7 Å². The van der Waals surface area contributed by atoms with E-state index in [9.17, 15) is 18.4 Å². The average Bonchev–Trinajstić information content (AvgIpc) is 3.57. The van der Waals surface area contributed by atoms with Crippen LogP contribution < -0.4 is 0 Å². The molecule has 7 heteroatoms. The molecule has 8 rings (SSSR count). The SMILES string of the molecule is [C-]#[N+]c1cc(C(F)(F)F)ccc1-c1c(-n2c3cc(C)ccc3c3ccc(C)cc32)cc(C#N)cc1-n1c2cc(C)ccc2c2ccc(C)cc21. The minimum Gasteiger partial charge on any atom is -0.309 e. The number of hydrogen-bond donors (Lipinski definition) is 0. The van der Waals surface area contributed by atoms with Crippen molar-refractivity contribution >= 4 is 49.3 Å². The first-order chi connectivity index (χ1) is 24.0. The lowest BCUT2D eigenvalue weighted by atomic mass is 9.95. The Morgan fingerprint density at radius 1 is 0.580 bits per heavy atom. The molecule has 0 aliphatic heterocycles. The van der Waals surface area contributed by atoms with Crippen LogP contribution in [0.1, 0.15) is 33.4 Å². The lowest BCUT2D eigenvalue weighted by Gasteiger charge is -2.22. The molecule has 0 saturated heterocycles. The third-order valence-electron chi connectivity index (χ3n) is 9.58. The molecule has 8 aromatic rings. The molecular formula is C43H29F3N4. The Morgan fingerprint density at radius 2 is 0.980 bits per heavy atom. The first kappa shape index (κ1) is 31.0. The van der Waals surface area contributed by atoms with Gasteiger partial charge in [-0.2, -0.15) is 18.4 Å². The van der Waals surface area contributed by atoms with Gasteiger partial charge in [0.05, 0.1) is 51.6 Å². The molecule has 0 spiro atoms. The van der Waals surface area contributed by atoms with Gasteiger partial charge in [-0.3, -0.25) is 0 Å². The van der Waals surface area contributed by atoms with Gasteiger partial charge in [-0.15, -0.1) is 0 Å². The normalized spacial score (nSPS) is 11.9. The number of nitrogens with zero attached hydrogens (tertiary/aromatic N) is 4. The van der Waals surface area contributed by atoms with Crippen LogP contribution in [0.5, 0.6) is 0 Å². The first-order valence-corrected chi connectivity index (χ1v) is 16.2. The van der Waals surface area contributed by atoms with Crippen LogP contribution in [0.3, 0.4) is 0 Å². The molecule has 0 aliphatic carbocycles. The Morgan fingerprint density at radius 3 is 1.32 bits per heavy atom. The summed E-state index contributed by atoms with van der Waals surface area (Å²) in [5.74, 6) is 0. The van der Waals surface area contributed by atoms with Crippen molar-refractivity contribution in [3.05, 3.63) is 148 Å². The van der Waals surface area contributed by atoms with Crippen molar-refractivity contribution in [1.29, 1.82) is 5.26 Å². The van der Waals surface area contributed by atoms with Gasteiger partial charge < -0.3 is 9.13 Å². The van der Waals surface area contributed by atoms with Gasteiger partial charge in [0.15, 0.2) is 5.69 Å². The number of aromatic nitrogens is 2. The number of hydrogen-bond acceptors (Lipinski definition) is 1. The summed E-state index contributed by atoms with van der Waals surface area (Å²) in [5.41, 5.74) is 9.09. The number of rotatable bonds is 3. The van der Waals surface area contributed by atoms with Crippen LogP contribution >= 0.6 is 0 Å². The molecule has 0 fully saturated rings. The van der Waals surface area contributed by atoms with Crippen molar-refractivity contribution in [2.75, 3.05) is 0 Å². The van der Waals surface area contributed by atoms with Gasteiger partial charge in [0.1, 0.15) is 0 Å². The van der Waals surface area contributed by atoms with E-state index in [2.05, 4.69) is 92.8 Å². The highest BCUT2D eigenvalue weighted by molar-refractivity contribution is 6.12. The van der Waals surface area contributed by atoms with Crippen LogP contribution in [-0.4, -0.2) is 9.13 Å². The molecule has 0 N–H and O–H groups in total. The lowest BCUT2D eigenvalue weighted by molar-refractivity contribution is -0.137. The van der Waals surface area contributed by atoms with E-state index >= 15 is 0 Å². The van der Waals surface area contributed by atoms with Crippen molar-refractivity contribution in [1.82, 2.24) is 9.13 Å². The Bertz CT molecular complexity index is 2550. The smallest absolute Gasteiger partial charge is 0.309 e. The van der Waals surface area contributed by atoms with Crippen LogP contribution in [0.4, 0.5) is 18.9 Å². The molecule has 242 valence electrons. The summed E-state index contributed by atoms with van der Waals surface area (Å²) in [4.78, 5) is 3.68. The molecule has 0 aliphatic rings. The van der Waals surface area contributed by atoms with E-state index in [0.717, 1.165) is 78.0 Å². The van der Waals surface area contributed by atoms with Crippen LogP contribution in [0.2, 0.25) is 0 Å². The Balaban J connectivity index is 1.64. The van der Waals surface area contributed by atoms with Gasteiger partial charge in [0.25, 0.3) is 0 Å². The number of benzene rings is 6. The maximum Gasteiger partial charge on any atom is 0.415 e. The van der Waals surface area contributed by atoms with Crippen LogP contribution in [-0.2, 0) is 6.18 Å². The molecule has 50 heavy (non-hydrogen) atoms. The van der Waals surface area contributed by atoms with Crippen molar-refractivity contribution in [3.8, 4) is 28.6 Å². The second kappa shape index (κ2) is 11.1. The fourth-order valence-electron chi connectivity index (χ4n) is 7.31. The van der Waals surface area contributed by atoms with Gasteiger partial charge in [0, 0.05) is 32.7 Å². The predicted molar refractivity (Wildman–Crippen MR) is 195 cm³/mol. The quantitative estimate of drug-likeness (QED) is 0.174. The zero-order valence-corrected chi connectivity index (χ0v) is 27.7. The van der Waals surface area contributed by atoms with E-state index < -0.39 is 11.7 Å². The zero-order chi connectivity index (χ0) is 35.1. The molecule has 6 aromatic carbocycles. The molecule has 0 saturated carbocycles. The largest absolute Gasteiger partial charge is 0.415 e. The molecule has 2 heterocycles. The summed E-state index contributed by atoms with van der Waals surface area (Å²) >= 11 is 0. The molecule has 0 atom stereocenters. The highest BCUT2D eigenvalue weighted by Crippen LogP contribution is 2.47. The Labute approximate surface area is 286 Å². The molecule has 0 bridgehead atoms. The van der Waals surface area contributed by atoms with Crippen molar-refractivity contribution < 1.29 is 13.2 Å². The summed E-state index contributed by atoms with van der Waals surface area (Å²) in [6.07, 6.45) is -4.63. The average molecular weight is 659 g/mol. The number of halogens is 3. The third-order valence-corrected chi connectivity index (χ3v) is 9.58. The van der Waals surface area contributed by atoms with Gasteiger partial charge in [-0.25, -0.2) is 4.85 Å². The fraction of sp³-hybridized carbons (Fsp3) is 0.116. The molecule has 0 unspecified atom stereocenters. The number of alkyl halides is 3. The van der Waals surface area contributed by atoms with E-state index in [-0.39, 0.29) is 5.69 Å². The molecule has 0 amide bonds. The minimum atomic E-state index is -4.63. The van der Waals surface area contributed by atoms with Gasteiger partial charge in [0.2, 0.25) is 0 Å². The Kier molecular flexibility index (Phi) is 6.89. The molecule has 2 aromatic heterocycles. The van der Waals surface area contributed by atoms with Crippen molar-refractivity contribution in [3.63, 3.8) is 0 Å². The number of nitriles is 1. The summed E-state index contributed by atoms with van der Waals surface area (Å²) in [5, 5.41) is 14.6. The molecular weight excluding hydrogens is 629 g/mol. The number of fused-ring (bicyclic) bond motifs is 6. The summed E-state index contributed by atoms with van der Waals surface area (Å²) < 4.78 is 46.3. The predicted octanol–water partition coefficient (Wildman–Crippen LogP) is 12.2. The monoisotopic (exact) mass is 658 g/mol. The molecule has 4 nitrogen and oxygen atoms in total. The lowest BCUT2D eigenvalue weighted by Crippen LogP contribution is -2.07. The minimum absolute atomic E-state index is 0.131. The van der Waals surface area contributed by atoms with Crippen LogP contribution in [0, 0.1) is 45.6 Å². The second-order valence-electron chi connectivity index (χ2n) is 13.1. The first-order valence-electron chi connectivity index (χ1n) is 16.2. The van der Waals surface area contributed by atoms with E-state index in [0.29, 0.717) is 28.1 Å². The van der Waals surface area contributed by atoms with Crippen molar-refractivity contribution in [2.45, 2.75) is 33.9 Å². The van der Waals surface area contributed by atoms with E-state index in [1.54, 1.807) is 12.1 Å². The topological polar surface area (TPSA) is 38.0 Å². The van der Waals surface area contributed by atoms with E-state index in [4.69, 9.17) is 6.57 Å². The van der Waals surface area contributed by atoms with Crippen LogP contribution in [0.25, 0.3) is 71.0 Å². The Hall–Kier alpha value is -6.31. The van der Waals surface area contributed by atoms with Crippen LogP contribution in [0.15, 0.2) is 103 Å². The highest BCUT2D eigenvalue weighted by atomic mass is 19.4. The maximum absolute atomic E-state index is 14.0. The van der Waals surface area contributed by atoms with E-state index in [1.165, 1.54) is 6.07 Å². The third kappa shape index (κ3) is 4.74. The summed E-state index contributed by atoms with van der Waals surface area (Å²) in [6, 6.07) is 34.2. The van der Waals surface area contributed by atoms with Gasteiger partial charge >= 0.3 is 6.18 Å². The molecule has 0 radical (unpaired) electrons. The standard InChI is InChI=1S/C43H29F3N4/c1-24-6-11-30-31-12-7-25(2)17-37(31)49(36(30)16-24)40-20-28(23-47)21-41(42(40)34-15-10-29(43(44,45)46)22-35(34)48-5)50-38-18-26(3)8-13-32(38)33-14-9-27(4)19-39(33)50/h6-22H,1-4H3. The highest BCUT2D eigenvalue weighted by Gasteiger charge is 2.32. The second-order valence-corrected chi connectivity index (χ2v) is 13.1. The van der Waals surface area contributed by atoms with E-state index in [1.807, 2.05) is 27.7 Å². The summed E-state index contributed by atoms with van der Waals surface area (Å²) in [7, 11) is 0. The van der Waals surface area contributed by atoms with Crippen molar-refractivity contribution in [2.24, 2.45) is 0 Å². The van der Waals surface area contributed by atoms with Gasteiger partial charge in [-0.05, 0) is 98.0 Å².